The first kappa shape index (κ1) is 13.5. The van der Waals surface area contributed by atoms with Gasteiger partial charge in [0, 0.05) is 10.9 Å². The van der Waals surface area contributed by atoms with Crippen molar-refractivity contribution in [1.29, 1.82) is 0 Å². The van der Waals surface area contributed by atoms with Gasteiger partial charge in [-0.1, -0.05) is 11.6 Å². The second-order valence-electron chi connectivity index (χ2n) is 4.62. The van der Waals surface area contributed by atoms with Crippen LogP contribution in [0.1, 0.15) is 5.56 Å². The summed E-state index contributed by atoms with van der Waals surface area (Å²) >= 11 is 1.41. The van der Waals surface area contributed by atoms with Crippen LogP contribution in [0.5, 0.6) is 5.75 Å². The molecule has 0 N–H and O–H groups in total. The van der Waals surface area contributed by atoms with Gasteiger partial charge in [-0.3, -0.25) is 0 Å². The van der Waals surface area contributed by atoms with Crippen LogP contribution in [0, 0.1) is 6.92 Å². The molecule has 1 heterocycles. The molecule has 0 fully saturated rings. The molecule has 0 saturated heterocycles. The molecule has 104 valence electrons. The van der Waals surface area contributed by atoms with E-state index >= 15 is 0 Å². The molecule has 0 unspecified atom stereocenters. The van der Waals surface area contributed by atoms with Gasteiger partial charge in [0.05, 0.1) is 23.2 Å². The maximum Gasteiger partial charge on any atom is 0.240 e. The van der Waals surface area contributed by atoms with Crippen molar-refractivity contribution < 1.29 is 9.53 Å². The van der Waals surface area contributed by atoms with Crippen LogP contribution in [0.4, 0.5) is 5.69 Å². The first-order valence-electron chi connectivity index (χ1n) is 6.35. The SMILES string of the molecule is COc1ccc(C)cc1-c1nsc2ccc(N=C=O)cc12. The number of fused-ring (bicyclic) bond motifs is 1. The molecular formula is C16H12N2O2S. The second-order valence-corrected chi connectivity index (χ2v) is 5.42. The van der Waals surface area contributed by atoms with Crippen molar-refractivity contribution in [2.24, 2.45) is 4.99 Å². The van der Waals surface area contributed by atoms with Gasteiger partial charge in [0.1, 0.15) is 5.75 Å². The number of rotatable bonds is 3. The van der Waals surface area contributed by atoms with Gasteiger partial charge in [-0.05, 0) is 48.8 Å². The van der Waals surface area contributed by atoms with Gasteiger partial charge >= 0.3 is 0 Å². The Hall–Kier alpha value is -2.49. The van der Waals surface area contributed by atoms with Crippen molar-refractivity contribution >= 4 is 33.4 Å². The molecule has 0 bridgehead atoms. The molecule has 2 aromatic carbocycles. The van der Waals surface area contributed by atoms with Gasteiger partial charge in [-0.15, -0.1) is 0 Å². The van der Waals surface area contributed by atoms with E-state index in [0.29, 0.717) is 5.69 Å². The molecule has 0 amide bonds. The van der Waals surface area contributed by atoms with E-state index in [1.54, 1.807) is 19.3 Å². The lowest BCUT2D eigenvalue weighted by atomic mass is 10.0. The minimum absolute atomic E-state index is 0.575. The predicted octanol–water partition coefficient (Wildman–Crippen LogP) is 4.25. The molecule has 1 aromatic heterocycles. The molecule has 0 saturated carbocycles. The fourth-order valence-corrected chi connectivity index (χ4v) is 3.02. The lowest BCUT2D eigenvalue weighted by molar-refractivity contribution is 0.416. The standard InChI is InChI=1S/C16H12N2O2S/c1-10-3-5-14(20-2)12(7-10)16-13-8-11(17-9-19)4-6-15(13)21-18-16/h3-8H,1-2H3. The number of aryl methyl sites for hydroxylation is 1. The maximum atomic E-state index is 10.4. The molecule has 0 spiro atoms. The highest BCUT2D eigenvalue weighted by Gasteiger charge is 2.14. The van der Waals surface area contributed by atoms with E-state index in [9.17, 15) is 4.79 Å². The van der Waals surface area contributed by atoms with E-state index < -0.39 is 0 Å². The van der Waals surface area contributed by atoms with E-state index in [0.717, 1.165) is 32.7 Å². The molecule has 5 heteroatoms. The maximum absolute atomic E-state index is 10.4. The van der Waals surface area contributed by atoms with Crippen molar-refractivity contribution in [1.82, 2.24) is 4.37 Å². The number of hydrogen-bond donors (Lipinski definition) is 0. The minimum Gasteiger partial charge on any atom is -0.496 e. The summed E-state index contributed by atoms with van der Waals surface area (Å²) in [5.74, 6) is 0.775. The smallest absolute Gasteiger partial charge is 0.240 e. The average Bonchev–Trinajstić information content (AvgIpc) is 2.90. The summed E-state index contributed by atoms with van der Waals surface area (Å²) in [6.45, 7) is 2.03. The first-order chi connectivity index (χ1) is 10.2. The number of methoxy groups -OCH3 is 1. The second kappa shape index (κ2) is 5.48. The summed E-state index contributed by atoms with van der Waals surface area (Å²) in [7, 11) is 1.64. The molecule has 0 aliphatic rings. The molecule has 0 aliphatic heterocycles. The van der Waals surface area contributed by atoms with Gasteiger partial charge in [0.15, 0.2) is 0 Å². The van der Waals surface area contributed by atoms with Gasteiger partial charge in [-0.2, -0.15) is 9.37 Å². The Balaban J connectivity index is 2.27. The summed E-state index contributed by atoms with van der Waals surface area (Å²) < 4.78 is 11.0. The number of aliphatic imine (C=N–C) groups is 1. The van der Waals surface area contributed by atoms with E-state index in [1.165, 1.54) is 11.5 Å². The van der Waals surface area contributed by atoms with Crippen molar-refractivity contribution in [2.45, 2.75) is 6.92 Å². The molecule has 0 radical (unpaired) electrons. The van der Waals surface area contributed by atoms with Gasteiger partial charge < -0.3 is 4.74 Å². The van der Waals surface area contributed by atoms with Crippen LogP contribution in [-0.4, -0.2) is 17.6 Å². The topological polar surface area (TPSA) is 51.6 Å². The highest BCUT2D eigenvalue weighted by atomic mass is 32.1. The zero-order valence-electron chi connectivity index (χ0n) is 11.6. The van der Waals surface area contributed by atoms with Gasteiger partial charge in [-0.25, -0.2) is 4.79 Å². The highest BCUT2D eigenvalue weighted by Crippen LogP contribution is 2.38. The zero-order valence-corrected chi connectivity index (χ0v) is 12.4. The predicted molar refractivity (Wildman–Crippen MR) is 84.1 cm³/mol. The summed E-state index contributed by atoms with van der Waals surface area (Å²) in [4.78, 5) is 14.1. The third kappa shape index (κ3) is 2.44. The molecule has 21 heavy (non-hydrogen) atoms. The van der Waals surface area contributed by atoms with E-state index in [-0.39, 0.29) is 0 Å². The number of isocyanates is 1. The van der Waals surface area contributed by atoms with Crippen molar-refractivity contribution in [3.63, 3.8) is 0 Å². The number of carbonyl (C=O) groups excluding carboxylic acids is 1. The normalized spacial score (nSPS) is 10.4. The van der Waals surface area contributed by atoms with Crippen LogP contribution in [-0.2, 0) is 4.79 Å². The van der Waals surface area contributed by atoms with Crippen LogP contribution in [0.2, 0.25) is 0 Å². The van der Waals surface area contributed by atoms with Crippen LogP contribution in [0.3, 0.4) is 0 Å². The molecule has 3 rings (SSSR count). The third-order valence-corrected chi connectivity index (χ3v) is 4.06. The number of nitrogens with zero attached hydrogens (tertiary/aromatic N) is 2. The van der Waals surface area contributed by atoms with Crippen LogP contribution < -0.4 is 4.74 Å². The molecule has 0 atom stereocenters. The highest BCUT2D eigenvalue weighted by molar-refractivity contribution is 7.13. The zero-order chi connectivity index (χ0) is 14.8. The Morgan fingerprint density at radius 2 is 2.10 bits per heavy atom. The number of aromatic nitrogens is 1. The lowest BCUT2D eigenvalue weighted by Gasteiger charge is -2.08. The van der Waals surface area contributed by atoms with E-state index in [1.807, 2.05) is 37.3 Å². The van der Waals surface area contributed by atoms with Crippen LogP contribution >= 0.6 is 11.5 Å². The Morgan fingerprint density at radius 3 is 2.86 bits per heavy atom. The lowest BCUT2D eigenvalue weighted by Crippen LogP contribution is -1.89. The Bertz CT molecular complexity index is 864. The minimum atomic E-state index is 0.575. The summed E-state index contributed by atoms with van der Waals surface area (Å²) in [6.07, 6.45) is 1.57. The molecule has 4 nitrogen and oxygen atoms in total. The average molecular weight is 296 g/mol. The summed E-state index contributed by atoms with van der Waals surface area (Å²) in [5.41, 5.74) is 3.49. The first-order valence-corrected chi connectivity index (χ1v) is 7.12. The molecular weight excluding hydrogens is 284 g/mol. The Kier molecular flexibility index (Phi) is 3.52. The quantitative estimate of drug-likeness (QED) is 0.536. The Morgan fingerprint density at radius 1 is 1.24 bits per heavy atom. The third-order valence-electron chi connectivity index (χ3n) is 3.24. The summed E-state index contributed by atoms with van der Waals surface area (Å²) in [5, 5.41) is 0.959. The van der Waals surface area contributed by atoms with E-state index in [4.69, 9.17) is 4.74 Å². The van der Waals surface area contributed by atoms with E-state index in [2.05, 4.69) is 9.37 Å². The number of hydrogen-bond acceptors (Lipinski definition) is 5. The van der Waals surface area contributed by atoms with Crippen molar-refractivity contribution in [3.8, 4) is 17.0 Å². The monoisotopic (exact) mass is 296 g/mol. The van der Waals surface area contributed by atoms with Crippen LogP contribution in [0.15, 0.2) is 41.4 Å². The molecule has 0 aliphatic carbocycles. The number of benzene rings is 2. The fourth-order valence-electron chi connectivity index (χ4n) is 2.25. The van der Waals surface area contributed by atoms with Crippen molar-refractivity contribution in [3.05, 3.63) is 42.0 Å². The fraction of sp³-hybridized carbons (Fsp3) is 0.125. The van der Waals surface area contributed by atoms with Gasteiger partial charge in [0.25, 0.3) is 0 Å². The van der Waals surface area contributed by atoms with Crippen LogP contribution in [0.25, 0.3) is 21.3 Å². The number of ether oxygens (including phenoxy) is 1. The van der Waals surface area contributed by atoms with Crippen molar-refractivity contribution in [2.75, 3.05) is 7.11 Å². The molecule has 3 aromatic rings. The van der Waals surface area contributed by atoms with Gasteiger partial charge in [0.2, 0.25) is 6.08 Å². The Labute approximate surface area is 125 Å². The summed E-state index contributed by atoms with van der Waals surface area (Å²) in [6, 6.07) is 11.5. The largest absolute Gasteiger partial charge is 0.496 e.